The molecule has 0 saturated heterocycles. The topological polar surface area (TPSA) is 29.0 Å². The highest BCUT2D eigenvalue weighted by Gasteiger charge is 2.35. The summed E-state index contributed by atoms with van der Waals surface area (Å²) >= 11 is 0. The molecule has 0 atom stereocenters. The lowest BCUT2D eigenvalue weighted by Gasteiger charge is -2.24. The first-order valence-electron chi connectivity index (χ1n) is 10.6. The third-order valence-corrected chi connectivity index (χ3v) is 5.71. The van der Waals surface area contributed by atoms with Gasteiger partial charge in [-0.15, -0.1) is 0 Å². The quantitative estimate of drug-likeness (QED) is 0.324. The Kier molecular flexibility index (Phi) is 6.18. The number of fused-ring (bicyclic) bond motifs is 1. The first-order chi connectivity index (χ1) is 15.8. The summed E-state index contributed by atoms with van der Waals surface area (Å²) in [6.45, 7) is 6.18. The van der Waals surface area contributed by atoms with Gasteiger partial charge in [-0.3, -0.25) is 4.98 Å². The highest BCUT2D eigenvalue weighted by molar-refractivity contribution is 5.92. The van der Waals surface area contributed by atoms with E-state index in [4.69, 9.17) is 0 Å². The van der Waals surface area contributed by atoms with E-state index >= 15 is 0 Å². The fraction of sp³-hybridized carbons (Fsp3) is 0.185. The van der Waals surface area contributed by atoms with Crippen LogP contribution in [-0.4, -0.2) is 17.0 Å². The van der Waals surface area contributed by atoms with E-state index in [-0.39, 0.29) is 12.4 Å². The summed E-state index contributed by atoms with van der Waals surface area (Å²) in [4.78, 5) is 9.96. The van der Waals surface area contributed by atoms with Gasteiger partial charge in [0.1, 0.15) is 5.82 Å². The van der Waals surface area contributed by atoms with E-state index in [9.17, 15) is 13.2 Å². The second-order valence-corrected chi connectivity index (χ2v) is 8.07. The first-order valence-corrected chi connectivity index (χ1v) is 10.6. The molecule has 168 valence electrons. The molecule has 2 aromatic heterocycles. The smallest absolute Gasteiger partial charge is 0.355 e. The molecule has 0 bridgehead atoms. The fourth-order valence-corrected chi connectivity index (χ4v) is 4.10. The molecule has 0 aliphatic carbocycles. The second kappa shape index (κ2) is 9.06. The van der Waals surface area contributed by atoms with E-state index in [0.717, 1.165) is 44.8 Å². The molecule has 0 fully saturated rings. The van der Waals surface area contributed by atoms with Crippen LogP contribution in [-0.2, 0) is 19.1 Å². The fourth-order valence-electron chi connectivity index (χ4n) is 4.10. The molecule has 4 aromatic rings. The highest BCUT2D eigenvalue weighted by atomic mass is 19.4. The summed E-state index contributed by atoms with van der Waals surface area (Å²) in [5, 5.41) is 2.05. The summed E-state index contributed by atoms with van der Waals surface area (Å²) < 4.78 is 40.6. The Bertz CT molecular complexity index is 1290. The Morgan fingerprint density at radius 3 is 2.42 bits per heavy atom. The molecule has 0 spiro atoms. The van der Waals surface area contributed by atoms with Crippen LogP contribution in [0.4, 0.5) is 19.0 Å². The largest absolute Gasteiger partial charge is 0.419 e. The molecule has 0 unspecified atom stereocenters. The SMILES string of the molecule is C=Cc1cc(Cc2ccc(C)nc2)c2ccccc2c1CN(C)c1ncccc1C(F)(F)F. The zero-order valence-electron chi connectivity index (χ0n) is 18.5. The first kappa shape index (κ1) is 22.5. The van der Waals surface area contributed by atoms with Gasteiger partial charge in [0, 0.05) is 31.7 Å². The van der Waals surface area contributed by atoms with E-state index in [1.165, 1.54) is 12.3 Å². The van der Waals surface area contributed by atoms with E-state index in [0.29, 0.717) is 6.42 Å². The zero-order chi connectivity index (χ0) is 23.6. The van der Waals surface area contributed by atoms with Crippen molar-refractivity contribution in [2.24, 2.45) is 0 Å². The zero-order valence-corrected chi connectivity index (χ0v) is 18.5. The van der Waals surface area contributed by atoms with Gasteiger partial charge in [0.25, 0.3) is 0 Å². The van der Waals surface area contributed by atoms with Gasteiger partial charge in [-0.1, -0.05) is 49.1 Å². The van der Waals surface area contributed by atoms with Crippen LogP contribution in [0.2, 0.25) is 0 Å². The summed E-state index contributed by atoms with van der Waals surface area (Å²) in [5.41, 5.74) is 4.22. The molecular weight excluding hydrogens is 423 g/mol. The summed E-state index contributed by atoms with van der Waals surface area (Å²) in [5.74, 6) is -0.0982. The van der Waals surface area contributed by atoms with Crippen LogP contribution in [0, 0.1) is 6.92 Å². The predicted octanol–water partition coefficient (Wildman–Crippen LogP) is 6.83. The molecule has 0 saturated carbocycles. The number of hydrogen-bond donors (Lipinski definition) is 0. The number of halogens is 3. The van der Waals surface area contributed by atoms with Crippen LogP contribution in [0.3, 0.4) is 0 Å². The molecule has 33 heavy (non-hydrogen) atoms. The maximum absolute atomic E-state index is 13.5. The third kappa shape index (κ3) is 4.75. The molecular formula is C27H24F3N3. The van der Waals surface area contributed by atoms with Crippen molar-refractivity contribution in [3.05, 3.63) is 107 Å². The lowest BCUT2D eigenvalue weighted by molar-refractivity contribution is -0.137. The van der Waals surface area contributed by atoms with Gasteiger partial charge in [0.15, 0.2) is 0 Å². The molecule has 2 aromatic carbocycles. The highest BCUT2D eigenvalue weighted by Crippen LogP contribution is 2.36. The van der Waals surface area contributed by atoms with Crippen LogP contribution < -0.4 is 4.90 Å². The molecule has 4 rings (SSSR count). The standard InChI is InChI=1S/C27H24F3N3/c1-4-20-15-21(14-19-12-11-18(2)32-16-19)22-8-5-6-9-23(22)24(20)17-33(3)26-25(27(28,29)30)10-7-13-31-26/h4-13,15-16H,1,14,17H2,2-3H3. The number of rotatable bonds is 6. The van der Waals surface area contributed by atoms with Gasteiger partial charge >= 0.3 is 6.18 Å². The van der Waals surface area contributed by atoms with Crippen molar-refractivity contribution < 1.29 is 13.2 Å². The lowest BCUT2D eigenvalue weighted by atomic mass is 9.91. The maximum atomic E-state index is 13.5. The van der Waals surface area contributed by atoms with Gasteiger partial charge in [-0.2, -0.15) is 13.2 Å². The molecule has 0 aliphatic rings. The molecule has 3 nitrogen and oxygen atoms in total. The minimum absolute atomic E-state index is 0.0982. The summed E-state index contributed by atoms with van der Waals surface area (Å²) in [6.07, 6.45) is 1.23. The number of aromatic nitrogens is 2. The van der Waals surface area contributed by atoms with Crippen LogP contribution >= 0.6 is 0 Å². The Balaban J connectivity index is 1.78. The minimum Gasteiger partial charge on any atom is -0.355 e. The average Bonchev–Trinajstić information content (AvgIpc) is 2.81. The van der Waals surface area contributed by atoms with Crippen molar-refractivity contribution in [2.75, 3.05) is 11.9 Å². The Morgan fingerprint density at radius 2 is 1.76 bits per heavy atom. The predicted molar refractivity (Wildman–Crippen MR) is 127 cm³/mol. The number of anilines is 1. The molecule has 0 N–H and O–H groups in total. The molecule has 0 radical (unpaired) electrons. The normalized spacial score (nSPS) is 11.5. The van der Waals surface area contributed by atoms with Crippen LogP contribution in [0.15, 0.2) is 73.6 Å². The minimum atomic E-state index is -4.48. The summed E-state index contributed by atoms with van der Waals surface area (Å²) in [7, 11) is 1.63. The maximum Gasteiger partial charge on any atom is 0.419 e. The van der Waals surface area contributed by atoms with Crippen molar-refractivity contribution in [1.82, 2.24) is 9.97 Å². The van der Waals surface area contributed by atoms with Crippen molar-refractivity contribution in [3.63, 3.8) is 0 Å². The van der Waals surface area contributed by atoms with Crippen molar-refractivity contribution in [2.45, 2.75) is 26.1 Å². The van der Waals surface area contributed by atoms with Crippen LogP contribution in [0.1, 0.15) is 33.5 Å². The number of hydrogen-bond acceptors (Lipinski definition) is 3. The molecule has 0 aliphatic heterocycles. The van der Waals surface area contributed by atoms with Gasteiger partial charge in [0.05, 0.1) is 5.56 Å². The molecule has 6 heteroatoms. The second-order valence-electron chi connectivity index (χ2n) is 8.07. The van der Waals surface area contributed by atoms with Crippen molar-refractivity contribution in [1.29, 1.82) is 0 Å². The van der Waals surface area contributed by atoms with E-state index in [2.05, 4.69) is 28.7 Å². The molecule has 2 heterocycles. The summed E-state index contributed by atoms with van der Waals surface area (Å²) in [6, 6.07) is 16.5. The third-order valence-electron chi connectivity index (χ3n) is 5.71. The molecule has 0 amide bonds. The lowest BCUT2D eigenvalue weighted by Crippen LogP contribution is -2.23. The number of benzene rings is 2. The van der Waals surface area contributed by atoms with Crippen molar-refractivity contribution in [3.8, 4) is 0 Å². The van der Waals surface area contributed by atoms with E-state index in [1.807, 2.05) is 43.5 Å². The van der Waals surface area contributed by atoms with Crippen LogP contribution in [0.25, 0.3) is 16.8 Å². The van der Waals surface area contributed by atoms with Gasteiger partial charge in [-0.05, 0) is 64.6 Å². The Hall–Kier alpha value is -3.67. The van der Waals surface area contributed by atoms with Crippen LogP contribution in [0.5, 0.6) is 0 Å². The van der Waals surface area contributed by atoms with Gasteiger partial charge in [0.2, 0.25) is 0 Å². The number of nitrogens with zero attached hydrogens (tertiary/aromatic N) is 3. The van der Waals surface area contributed by atoms with Gasteiger partial charge in [-0.25, -0.2) is 4.98 Å². The average molecular weight is 448 g/mol. The van der Waals surface area contributed by atoms with Crippen molar-refractivity contribution >= 4 is 22.7 Å². The van der Waals surface area contributed by atoms with Gasteiger partial charge < -0.3 is 4.90 Å². The number of alkyl halides is 3. The number of aryl methyl sites for hydroxylation is 1. The Labute approximate surface area is 191 Å². The number of pyridine rings is 2. The van der Waals surface area contributed by atoms with E-state index < -0.39 is 11.7 Å². The Morgan fingerprint density at radius 1 is 1.00 bits per heavy atom. The van der Waals surface area contributed by atoms with E-state index in [1.54, 1.807) is 18.0 Å². The monoisotopic (exact) mass is 447 g/mol.